The molecule has 1 amide bonds. The van der Waals surface area contributed by atoms with E-state index in [9.17, 15) is 13.6 Å². The van der Waals surface area contributed by atoms with Crippen molar-refractivity contribution in [1.82, 2.24) is 4.90 Å². The second-order valence-corrected chi connectivity index (χ2v) is 7.88. The lowest BCUT2D eigenvalue weighted by molar-refractivity contribution is -0.158. The SMILES string of the molecule is CCC(N)(c1cccc(F)c1)N(C(=O)C1CCC1)C(N)(CC)c1cccc(F)c1. The van der Waals surface area contributed by atoms with Gasteiger partial charge < -0.3 is 11.5 Å². The molecular weight excluding hydrogens is 372 g/mol. The van der Waals surface area contributed by atoms with Crippen molar-refractivity contribution in [3.05, 3.63) is 71.3 Å². The largest absolute Gasteiger partial charge is 0.305 e. The minimum absolute atomic E-state index is 0.168. The maximum absolute atomic E-state index is 14.0. The van der Waals surface area contributed by atoms with E-state index < -0.39 is 23.0 Å². The molecule has 2 atom stereocenters. The third kappa shape index (κ3) is 3.79. The summed E-state index contributed by atoms with van der Waals surface area (Å²) in [5.41, 5.74) is 11.9. The quantitative estimate of drug-likeness (QED) is 0.678. The number of rotatable bonds is 7. The number of carbonyl (C=O) groups is 1. The van der Waals surface area contributed by atoms with E-state index >= 15 is 0 Å². The summed E-state index contributed by atoms with van der Waals surface area (Å²) in [5, 5.41) is 0. The third-order valence-electron chi connectivity index (χ3n) is 6.20. The highest BCUT2D eigenvalue weighted by molar-refractivity contribution is 5.81. The lowest BCUT2D eigenvalue weighted by Crippen LogP contribution is -2.68. The molecule has 1 aliphatic rings. The number of hydrogen-bond acceptors (Lipinski definition) is 3. The smallest absolute Gasteiger partial charge is 0.229 e. The number of benzene rings is 2. The molecule has 4 nitrogen and oxygen atoms in total. The maximum atomic E-state index is 14.0. The van der Waals surface area contributed by atoms with Crippen LogP contribution in [-0.2, 0) is 16.1 Å². The summed E-state index contributed by atoms with van der Waals surface area (Å²) >= 11 is 0. The van der Waals surface area contributed by atoms with Gasteiger partial charge in [-0.15, -0.1) is 0 Å². The first-order valence-electron chi connectivity index (χ1n) is 10.2. The molecule has 0 saturated heterocycles. The summed E-state index contributed by atoms with van der Waals surface area (Å²) in [4.78, 5) is 15.1. The molecule has 0 spiro atoms. The van der Waals surface area contributed by atoms with Gasteiger partial charge in [0, 0.05) is 5.92 Å². The monoisotopic (exact) mass is 401 g/mol. The number of hydrogen-bond donors (Lipinski definition) is 2. The van der Waals surface area contributed by atoms with E-state index in [1.54, 1.807) is 24.3 Å². The van der Waals surface area contributed by atoms with Gasteiger partial charge in [0.15, 0.2) is 0 Å². The molecule has 2 aromatic rings. The number of nitrogens with zero attached hydrogens (tertiary/aromatic N) is 1. The van der Waals surface area contributed by atoms with E-state index in [-0.39, 0.29) is 11.8 Å². The fourth-order valence-electron chi connectivity index (χ4n) is 4.09. The predicted molar refractivity (Wildman–Crippen MR) is 109 cm³/mol. The molecule has 0 aliphatic heterocycles. The van der Waals surface area contributed by atoms with E-state index in [2.05, 4.69) is 0 Å². The van der Waals surface area contributed by atoms with Crippen molar-refractivity contribution in [2.75, 3.05) is 0 Å². The first-order valence-corrected chi connectivity index (χ1v) is 10.2. The van der Waals surface area contributed by atoms with Crippen LogP contribution in [0.3, 0.4) is 0 Å². The maximum Gasteiger partial charge on any atom is 0.229 e. The van der Waals surface area contributed by atoms with Crippen LogP contribution in [0.15, 0.2) is 48.5 Å². The first kappa shape index (κ1) is 21.4. The van der Waals surface area contributed by atoms with Crippen LogP contribution in [0.5, 0.6) is 0 Å². The minimum atomic E-state index is -1.34. The molecule has 1 saturated carbocycles. The molecule has 29 heavy (non-hydrogen) atoms. The van der Waals surface area contributed by atoms with Crippen molar-refractivity contribution in [3.63, 3.8) is 0 Å². The summed E-state index contributed by atoms with van der Waals surface area (Å²) in [6, 6.07) is 11.9. The number of nitrogens with two attached hydrogens (primary N) is 2. The van der Waals surface area contributed by atoms with Crippen LogP contribution in [0.2, 0.25) is 0 Å². The van der Waals surface area contributed by atoms with Gasteiger partial charge in [0.25, 0.3) is 0 Å². The number of carbonyl (C=O) groups excluding carboxylic acids is 1. The van der Waals surface area contributed by atoms with E-state index in [4.69, 9.17) is 11.5 Å². The summed E-state index contributed by atoms with van der Waals surface area (Å²) in [6.45, 7) is 3.68. The third-order valence-corrected chi connectivity index (χ3v) is 6.20. The molecule has 156 valence electrons. The lowest BCUT2D eigenvalue weighted by Gasteiger charge is -2.53. The molecule has 2 aromatic carbocycles. The molecule has 1 aliphatic carbocycles. The summed E-state index contributed by atoms with van der Waals surface area (Å²) in [5.74, 6) is -1.22. The fourth-order valence-corrected chi connectivity index (χ4v) is 4.09. The van der Waals surface area contributed by atoms with Crippen LogP contribution in [0, 0.1) is 17.6 Å². The van der Waals surface area contributed by atoms with Gasteiger partial charge >= 0.3 is 0 Å². The highest BCUT2D eigenvalue weighted by atomic mass is 19.1. The van der Waals surface area contributed by atoms with Gasteiger partial charge in [-0.05, 0) is 61.1 Å². The Balaban J connectivity index is 2.21. The van der Waals surface area contributed by atoms with Crippen molar-refractivity contribution < 1.29 is 13.6 Å². The molecule has 1 fully saturated rings. The molecular formula is C23H29F2N3O. The van der Waals surface area contributed by atoms with Crippen molar-refractivity contribution in [3.8, 4) is 0 Å². The van der Waals surface area contributed by atoms with Crippen LogP contribution < -0.4 is 11.5 Å². The average molecular weight is 402 g/mol. The second-order valence-electron chi connectivity index (χ2n) is 7.88. The Bertz CT molecular complexity index is 826. The van der Waals surface area contributed by atoms with Crippen molar-refractivity contribution in [1.29, 1.82) is 0 Å². The zero-order valence-electron chi connectivity index (χ0n) is 17.0. The highest BCUT2D eigenvalue weighted by Crippen LogP contribution is 2.42. The first-order chi connectivity index (χ1) is 13.8. The Morgan fingerprint density at radius 1 is 0.966 bits per heavy atom. The Labute approximate surface area is 170 Å². The fraction of sp³-hybridized carbons (Fsp3) is 0.435. The van der Waals surface area contributed by atoms with Crippen LogP contribution in [0.1, 0.15) is 57.1 Å². The van der Waals surface area contributed by atoms with Gasteiger partial charge in [-0.2, -0.15) is 0 Å². The van der Waals surface area contributed by atoms with Gasteiger partial charge in [-0.1, -0.05) is 44.5 Å². The summed E-state index contributed by atoms with van der Waals surface area (Å²) in [7, 11) is 0. The van der Waals surface area contributed by atoms with Crippen molar-refractivity contribution in [2.45, 2.75) is 57.3 Å². The van der Waals surface area contributed by atoms with Gasteiger partial charge in [0.1, 0.15) is 23.0 Å². The van der Waals surface area contributed by atoms with Gasteiger partial charge in [-0.25, -0.2) is 8.78 Å². The number of amides is 1. The average Bonchev–Trinajstić information content (AvgIpc) is 2.66. The molecule has 0 heterocycles. The summed E-state index contributed by atoms with van der Waals surface area (Å²) < 4.78 is 28.1. The molecule has 4 N–H and O–H groups in total. The minimum Gasteiger partial charge on any atom is -0.305 e. The summed E-state index contributed by atoms with van der Waals surface area (Å²) in [6.07, 6.45) is 3.15. The van der Waals surface area contributed by atoms with Crippen molar-refractivity contribution >= 4 is 5.91 Å². The zero-order valence-corrected chi connectivity index (χ0v) is 17.0. The molecule has 3 rings (SSSR count). The number of halogens is 2. The van der Waals surface area contributed by atoms with Crippen LogP contribution >= 0.6 is 0 Å². The van der Waals surface area contributed by atoms with Gasteiger partial charge in [0.2, 0.25) is 5.91 Å². The molecule has 6 heteroatoms. The van der Waals surface area contributed by atoms with Gasteiger partial charge in [-0.3, -0.25) is 9.69 Å². The molecule has 0 radical (unpaired) electrons. The standard InChI is InChI=1S/C23H29F2N3O/c1-3-22(26,17-10-6-12-19(24)14-17)28(21(29)16-8-5-9-16)23(27,4-2)18-11-7-13-20(25)15-18/h6-7,10-16H,3-5,8-9,26-27H2,1-2H3. The zero-order chi connectivity index (χ0) is 21.2. The predicted octanol–water partition coefficient (Wildman–Crippen LogP) is 4.34. The van der Waals surface area contributed by atoms with E-state index in [0.29, 0.717) is 24.0 Å². The Hall–Kier alpha value is -2.31. The Morgan fingerprint density at radius 2 is 1.41 bits per heavy atom. The van der Waals surface area contributed by atoms with E-state index in [1.165, 1.54) is 29.2 Å². The van der Waals surface area contributed by atoms with Crippen molar-refractivity contribution in [2.24, 2.45) is 17.4 Å². The Kier molecular flexibility index (Phi) is 6.05. The van der Waals surface area contributed by atoms with Crippen LogP contribution in [0.4, 0.5) is 8.78 Å². The Morgan fingerprint density at radius 3 is 1.72 bits per heavy atom. The lowest BCUT2D eigenvalue weighted by atomic mass is 9.80. The normalized spacial score (nSPS) is 18.4. The second kappa shape index (κ2) is 8.20. The van der Waals surface area contributed by atoms with Gasteiger partial charge in [0.05, 0.1) is 0 Å². The highest BCUT2D eigenvalue weighted by Gasteiger charge is 2.50. The van der Waals surface area contributed by atoms with E-state index in [0.717, 1.165) is 19.3 Å². The molecule has 0 aromatic heterocycles. The molecule has 2 unspecified atom stereocenters. The van der Waals surface area contributed by atoms with E-state index in [1.807, 2.05) is 13.8 Å². The van der Waals surface area contributed by atoms with Crippen LogP contribution in [0.25, 0.3) is 0 Å². The van der Waals surface area contributed by atoms with Crippen LogP contribution in [-0.4, -0.2) is 10.8 Å². The topological polar surface area (TPSA) is 72.3 Å². The molecule has 0 bridgehead atoms.